The third-order valence-corrected chi connectivity index (χ3v) is 4.61. The molecular formula is C19H14F5N3O2. The monoisotopic (exact) mass is 411 g/mol. The number of carbonyl (C=O) groups excluding carboxylic acids is 1. The third-order valence-electron chi connectivity index (χ3n) is 4.61. The van der Waals surface area contributed by atoms with Crippen LogP contribution in [-0.2, 0) is 12.7 Å². The van der Waals surface area contributed by atoms with Crippen LogP contribution in [0, 0.1) is 0 Å². The second kappa shape index (κ2) is 6.51. The second-order valence-electron chi connectivity index (χ2n) is 6.81. The number of amides is 1. The topological polar surface area (TPSA) is 72.4 Å². The molecule has 1 aromatic carbocycles. The maximum absolute atomic E-state index is 13.5. The fraction of sp³-hybridized carbons (Fsp3) is 0.263. The van der Waals surface area contributed by atoms with Gasteiger partial charge in [0.05, 0.1) is 36.5 Å². The second-order valence-corrected chi connectivity index (χ2v) is 6.81. The third kappa shape index (κ3) is 3.55. The molecule has 1 aliphatic rings. The standard InChI is InChI=1S/C19H14F5N3O2/c20-18(21)8-27(9-18)17(28)10-1-2-15(26-7-10)11-3-12-4-13(6-25)29-16(12)14(5-11)19(22,23)24/h1-5,7H,6,8-9,25H2. The molecule has 1 fully saturated rings. The predicted octanol–water partition coefficient (Wildman–Crippen LogP) is 4.06. The van der Waals surface area contributed by atoms with Crippen molar-refractivity contribution in [2.24, 2.45) is 5.73 Å². The van der Waals surface area contributed by atoms with E-state index in [0.717, 1.165) is 17.2 Å². The summed E-state index contributed by atoms with van der Waals surface area (Å²) in [5.41, 5.74) is 4.62. The summed E-state index contributed by atoms with van der Waals surface area (Å²) in [5, 5.41) is 0.222. The number of fused-ring (bicyclic) bond motifs is 1. The van der Waals surface area contributed by atoms with Gasteiger partial charge in [-0.25, -0.2) is 8.78 Å². The van der Waals surface area contributed by atoms with Crippen molar-refractivity contribution in [1.82, 2.24) is 9.88 Å². The molecule has 10 heteroatoms. The van der Waals surface area contributed by atoms with Gasteiger partial charge in [-0.2, -0.15) is 13.2 Å². The molecule has 3 heterocycles. The van der Waals surface area contributed by atoms with E-state index in [2.05, 4.69) is 4.98 Å². The molecule has 0 atom stereocenters. The lowest BCUT2D eigenvalue weighted by molar-refractivity contribution is -0.136. The van der Waals surface area contributed by atoms with Crippen molar-refractivity contribution in [3.63, 3.8) is 0 Å². The Hall–Kier alpha value is -3.01. The quantitative estimate of drug-likeness (QED) is 0.660. The summed E-state index contributed by atoms with van der Waals surface area (Å²) in [6.07, 6.45) is -3.50. The Morgan fingerprint density at radius 3 is 2.48 bits per heavy atom. The summed E-state index contributed by atoms with van der Waals surface area (Å²) in [6, 6.07) is 6.53. The van der Waals surface area contributed by atoms with Crippen LogP contribution in [0.5, 0.6) is 0 Å². The Morgan fingerprint density at radius 2 is 1.93 bits per heavy atom. The van der Waals surface area contributed by atoms with Gasteiger partial charge in [0.1, 0.15) is 11.3 Å². The molecule has 0 bridgehead atoms. The molecular weight excluding hydrogens is 397 g/mol. The van der Waals surface area contributed by atoms with Crippen molar-refractivity contribution in [2.75, 3.05) is 13.1 Å². The molecule has 0 unspecified atom stereocenters. The van der Waals surface area contributed by atoms with Crippen molar-refractivity contribution >= 4 is 16.9 Å². The number of likely N-dealkylation sites (tertiary alicyclic amines) is 1. The van der Waals surface area contributed by atoms with E-state index in [4.69, 9.17) is 10.2 Å². The fourth-order valence-corrected chi connectivity index (χ4v) is 3.19. The minimum absolute atomic E-state index is 0.0497. The molecule has 1 aliphatic heterocycles. The Morgan fingerprint density at radius 1 is 1.21 bits per heavy atom. The molecule has 5 nitrogen and oxygen atoms in total. The first-order chi connectivity index (χ1) is 13.6. The average molecular weight is 411 g/mol. The molecule has 2 aromatic heterocycles. The molecule has 0 radical (unpaired) electrons. The minimum atomic E-state index is -4.66. The van der Waals surface area contributed by atoms with Crippen molar-refractivity contribution in [2.45, 2.75) is 18.6 Å². The number of nitrogens with two attached hydrogens (primary N) is 1. The summed E-state index contributed by atoms with van der Waals surface area (Å²) in [7, 11) is 0. The number of benzene rings is 1. The summed E-state index contributed by atoms with van der Waals surface area (Å²) in [6.45, 7) is -1.38. The van der Waals surface area contributed by atoms with E-state index in [1.165, 1.54) is 24.3 Å². The van der Waals surface area contributed by atoms with E-state index in [-0.39, 0.29) is 40.1 Å². The summed E-state index contributed by atoms with van der Waals surface area (Å²) < 4.78 is 71.5. The SMILES string of the molecule is NCc1cc2cc(-c3ccc(C(=O)N4CC(F)(F)C4)cn3)cc(C(F)(F)F)c2o1. The van der Waals surface area contributed by atoms with E-state index in [1.54, 1.807) is 0 Å². The van der Waals surface area contributed by atoms with Gasteiger partial charge >= 0.3 is 6.18 Å². The van der Waals surface area contributed by atoms with E-state index < -0.39 is 36.7 Å². The molecule has 29 heavy (non-hydrogen) atoms. The molecule has 4 rings (SSSR count). The molecule has 2 N–H and O–H groups in total. The van der Waals surface area contributed by atoms with Crippen LogP contribution in [0.1, 0.15) is 21.7 Å². The summed E-state index contributed by atoms with van der Waals surface area (Å²) in [5.74, 6) is -3.29. The molecule has 0 spiro atoms. The molecule has 0 aliphatic carbocycles. The predicted molar refractivity (Wildman–Crippen MR) is 93.2 cm³/mol. The zero-order valence-electron chi connectivity index (χ0n) is 14.8. The maximum atomic E-state index is 13.5. The first kappa shape index (κ1) is 19.3. The number of pyridine rings is 1. The van der Waals surface area contributed by atoms with E-state index in [1.807, 2.05) is 0 Å². The summed E-state index contributed by atoms with van der Waals surface area (Å²) in [4.78, 5) is 17.2. The van der Waals surface area contributed by atoms with Gasteiger partial charge in [-0.05, 0) is 30.3 Å². The number of rotatable bonds is 3. The Balaban J connectivity index is 1.68. The fourth-order valence-electron chi connectivity index (χ4n) is 3.19. The lowest BCUT2D eigenvalue weighted by Gasteiger charge is -2.38. The van der Waals surface area contributed by atoms with Gasteiger partial charge in [0.2, 0.25) is 0 Å². The molecule has 1 saturated heterocycles. The van der Waals surface area contributed by atoms with Crippen molar-refractivity contribution in [3.8, 4) is 11.3 Å². The van der Waals surface area contributed by atoms with E-state index in [0.29, 0.717) is 0 Å². The highest BCUT2D eigenvalue weighted by Gasteiger charge is 2.46. The normalized spacial score (nSPS) is 16.1. The van der Waals surface area contributed by atoms with E-state index in [9.17, 15) is 26.7 Å². The van der Waals surface area contributed by atoms with Crippen molar-refractivity contribution in [1.29, 1.82) is 0 Å². The zero-order valence-corrected chi connectivity index (χ0v) is 14.8. The smallest absolute Gasteiger partial charge is 0.420 e. The number of hydrogen-bond donors (Lipinski definition) is 1. The summed E-state index contributed by atoms with van der Waals surface area (Å²) >= 11 is 0. The van der Waals surface area contributed by atoms with Crippen molar-refractivity contribution < 1.29 is 31.2 Å². The maximum Gasteiger partial charge on any atom is 0.420 e. The minimum Gasteiger partial charge on any atom is -0.459 e. The van der Waals surface area contributed by atoms with Crippen LogP contribution in [0.15, 0.2) is 40.9 Å². The lowest BCUT2D eigenvalue weighted by atomic mass is 10.0. The molecule has 3 aromatic rings. The van der Waals surface area contributed by atoms with Crippen LogP contribution in [0.25, 0.3) is 22.2 Å². The molecule has 0 saturated carbocycles. The van der Waals surface area contributed by atoms with Crippen LogP contribution in [-0.4, -0.2) is 34.8 Å². The Bertz CT molecular complexity index is 1080. The highest BCUT2D eigenvalue weighted by atomic mass is 19.4. The van der Waals surface area contributed by atoms with Gasteiger partial charge in [-0.15, -0.1) is 0 Å². The Labute approximate surface area is 160 Å². The number of nitrogens with zero attached hydrogens (tertiary/aromatic N) is 2. The number of carbonyl (C=O) groups is 1. The highest BCUT2D eigenvalue weighted by molar-refractivity contribution is 5.95. The van der Waals surface area contributed by atoms with Gasteiger partial charge in [0, 0.05) is 17.1 Å². The van der Waals surface area contributed by atoms with Gasteiger partial charge in [0.25, 0.3) is 11.8 Å². The van der Waals surface area contributed by atoms with Crippen LogP contribution in [0.2, 0.25) is 0 Å². The van der Waals surface area contributed by atoms with Crippen LogP contribution >= 0.6 is 0 Å². The van der Waals surface area contributed by atoms with Crippen LogP contribution in [0.4, 0.5) is 22.0 Å². The molecule has 152 valence electrons. The van der Waals surface area contributed by atoms with E-state index >= 15 is 0 Å². The first-order valence-corrected chi connectivity index (χ1v) is 8.55. The van der Waals surface area contributed by atoms with Gasteiger partial charge in [-0.1, -0.05) is 0 Å². The number of aromatic nitrogens is 1. The lowest BCUT2D eigenvalue weighted by Crippen LogP contribution is -2.58. The average Bonchev–Trinajstić information content (AvgIpc) is 3.07. The zero-order chi connectivity index (χ0) is 21.0. The largest absolute Gasteiger partial charge is 0.459 e. The Kier molecular flexibility index (Phi) is 4.34. The number of furan rings is 1. The van der Waals surface area contributed by atoms with Crippen LogP contribution in [0.3, 0.4) is 0 Å². The molecule has 1 amide bonds. The van der Waals surface area contributed by atoms with Gasteiger partial charge < -0.3 is 15.1 Å². The number of hydrogen-bond acceptors (Lipinski definition) is 4. The number of halogens is 5. The highest BCUT2D eigenvalue weighted by Crippen LogP contribution is 2.39. The number of alkyl halides is 5. The first-order valence-electron chi connectivity index (χ1n) is 8.55. The van der Waals surface area contributed by atoms with Gasteiger partial charge in [0.15, 0.2) is 0 Å². The van der Waals surface area contributed by atoms with Crippen LogP contribution < -0.4 is 5.73 Å². The van der Waals surface area contributed by atoms with Crippen molar-refractivity contribution in [3.05, 3.63) is 53.4 Å². The van der Waals surface area contributed by atoms with Gasteiger partial charge in [-0.3, -0.25) is 9.78 Å².